The van der Waals surface area contributed by atoms with Crippen LogP contribution in [0.2, 0.25) is 0 Å². The van der Waals surface area contributed by atoms with Crippen LogP contribution < -0.4 is 5.32 Å². The van der Waals surface area contributed by atoms with Crippen molar-refractivity contribution in [2.45, 2.75) is 19.9 Å². The van der Waals surface area contributed by atoms with Gasteiger partial charge in [-0.05, 0) is 37.6 Å². The predicted molar refractivity (Wildman–Crippen MR) is 98.7 cm³/mol. The van der Waals surface area contributed by atoms with E-state index in [0.717, 1.165) is 10.0 Å². The van der Waals surface area contributed by atoms with Crippen LogP contribution in [0.3, 0.4) is 0 Å². The Hall–Kier alpha value is -2.74. The van der Waals surface area contributed by atoms with Crippen molar-refractivity contribution in [2.24, 2.45) is 0 Å². The Labute approximate surface area is 158 Å². The average molecular weight is 417 g/mol. The molecule has 134 valence electrons. The maximum Gasteiger partial charge on any atom is 0.344 e. The maximum atomic E-state index is 12.3. The molecule has 0 aliphatic rings. The molecule has 1 unspecified atom stereocenters. The molecule has 26 heavy (non-hydrogen) atoms. The molecule has 0 saturated carbocycles. The third-order valence-corrected chi connectivity index (χ3v) is 4.38. The van der Waals surface area contributed by atoms with E-state index in [9.17, 15) is 9.59 Å². The SMILES string of the molecule is Cc1nn2cccnc2c1C(=O)OCC(=O)NC(C)c1ccc(Br)cc1. The second-order valence-corrected chi connectivity index (χ2v) is 6.68. The van der Waals surface area contributed by atoms with Crippen molar-refractivity contribution in [1.29, 1.82) is 0 Å². The first kappa shape index (κ1) is 18.1. The Bertz CT molecular complexity index is 953. The number of fused-ring (bicyclic) bond motifs is 1. The Morgan fingerprint density at radius 2 is 2.04 bits per heavy atom. The summed E-state index contributed by atoms with van der Waals surface area (Å²) in [6.07, 6.45) is 3.26. The van der Waals surface area contributed by atoms with Crippen LogP contribution in [-0.4, -0.2) is 33.1 Å². The zero-order valence-corrected chi connectivity index (χ0v) is 15.9. The van der Waals surface area contributed by atoms with Crippen molar-refractivity contribution in [3.05, 3.63) is 64.0 Å². The molecule has 0 aliphatic heterocycles. The number of carbonyl (C=O) groups is 2. The van der Waals surface area contributed by atoms with Crippen molar-refractivity contribution < 1.29 is 14.3 Å². The first-order valence-electron chi connectivity index (χ1n) is 7.97. The molecule has 7 nitrogen and oxygen atoms in total. The number of nitrogens with zero attached hydrogens (tertiary/aromatic N) is 3. The van der Waals surface area contributed by atoms with Crippen molar-refractivity contribution in [1.82, 2.24) is 19.9 Å². The number of amides is 1. The molecule has 0 bridgehead atoms. The van der Waals surface area contributed by atoms with Crippen LogP contribution in [-0.2, 0) is 9.53 Å². The lowest BCUT2D eigenvalue weighted by Gasteiger charge is -2.14. The highest BCUT2D eigenvalue weighted by molar-refractivity contribution is 9.10. The molecule has 1 atom stereocenters. The molecule has 1 amide bonds. The second kappa shape index (κ2) is 7.65. The number of hydrogen-bond donors (Lipinski definition) is 1. The van der Waals surface area contributed by atoms with Gasteiger partial charge in [0.15, 0.2) is 12.3 Å². The highest BCUT2D eigenvalue weighted by Gasteiger charge is 2.20. The topological polar surface area (TPSA) is 85.6 Å². The van der Waals surface area contributed by atoms with E-state index in [1.807, 2.05) is 31.2 Å². The van der Waals surface area contributed by atoms with Gasteiger partial charge in [-0.15, -0.1) is 0 Å². The summed E-state index contributed by atoms with van der Waals surface area (Å²) in [4.78, 5) is 28.6. The summed E-state index contributed by atoms with van der Waals surface area (Å²) in [6, 6.07) is 9.14. The molecule has 0 spiro atoms. The molecule has 0 fully saturated rings. The van der Waals surface area contributed by atoms with Crippen LogP contribution in [0.25, 0.3) is 5.65 Å². The van der Waals surface area contributed by atoms with E-state index in [0.29, 0.717) is 11.3 Å². The van der Waals surface area contributed by atoms with E-state index in [4.69, 9.17) is 4.74 Å². The molecule has 1 aromatic carbocycles. The molecule has 1 N–H and O–H groups in total. The van der Waals surface area contributed by atoms with Crippen LogP contribution in [0.5, 0.6) is 0 Å². The van der Waals surface area contributed by atoms with Crippen LogP contribution in [0.1, 0.15) is 34.6 Å². The van der Waals surface area contributed by atoms with Crippen molar-refractivity contribution >= 4 is 33.5 Å². The van der Waals surface area contributed by atoms with Crippen LogP contribution in [0.4, 0.5) is 0 Å². The van der Waals surface area contributed by atoms with Gasteiger partial charge in [0.05, 0.1) is 11.7 Å². The van der Waals surface area contributed by atoms with Crippen LogP contribution in [0, 0.1) is 6.92 Å². The fourth-order valence-corrected chi connectivity index (χ4v) is 2.82. The molecular weight excluding hydrogens is 400 g/mol. The largest absolute Gasteiger partial charge is 0.452 e. The molecular formula is C18H17BrN4O3. The Kier molecular flexibility index (Phi) is 5.32. The number of ether oxygens (including phenoxy) is 1. The Morgan fingerprint density at radius 3 is 2.77 bits per heavy atom. The lowest BCUT2D eigenvalue weighted by molar-refractivity contribution is -0.124. The van der Waals surface area contributed by atoms with Crippen LogP contribution >= 0.6 is 15.9 Å². The van der Waals surface area contributed by atoms with E-state index in [2.05, 4.69) is 31.3 Å². The fourth-order valence-electron chi connectivity index (χ4n) is 2.56. The molecule has 8 heteroatoms. The minimum absolute atomic E-state index is 0.199. The number of carbonyl (C=O) groups excluding carboxylic acids is 2. The molecule has 3 aromatic rings. The quantitative estimate of drug-likeness (QED) is 0.646. The van der Waals surface area contributed by atoms with Crippen molar-refractivity contribution in [3.8, 4) is 0 Å². The maximum absolute atomic E-state index is 12.3. The number of benzene rings is 1. The number of rotatable bonds is 5. The molecule has 0 saturated heterocycles. The van der Waals surface area contributed by atoms with Gasteiger partial charge in [0.25, 0.3) is 5.91 Å². The van der Waals surface area contributed by atoms with Crippen molar-refractivity contribution in [3.63, 3.8) is 0 Å². The molecule has 2 heterocycles. The molecule has 3 rings (SSSR count). The summed E-state index contributed by atoms with van der Waals surface area (Å²) >= 11 is 3.37. The highest BCUT2D eigenvalue weighted by Crippen LogP contribution is 2.17. The van der Waals surface area contributed by atoms with E-state index in [1.54, 1.807) is 25.4 Å². The van der Waals surface area contributed by atoms with E-state index < -0.39 is 5.97 Å². The lowest BCUT2D eigenvalue weighted by Crippen LogP contribution is -2.31. The Balaban J connectivity index is 1.61. The zero-order valence-electron chi connectivity index (χ0n) is 14.3. The van der Waals surface area contributed by atoms with E-state index in [1.165, 1.54) is 4.52 Å². The van der Waals surface area contributed by atoms with E-state index in [-0.39, 0.29) is 24.1 Å². The minimum Gasteiger partial charge on any atom is -0.452 e. The number of aromatic nitrogens is 3. The lowest BCUT2D eigenvalue weighted by atomic mass is 10.1. The first-order chi connectivity index (χ1) is 12.5. The number of halogens is 1. The number of esters is 1. The highest BCUT2D eigenvalue weighted by atomic mass is 79.9. The summed E-state index contributed by atoms with van der Waals surface area (Å²) in [5.74, 6) is -1.00. The smallest absolute Gasteiger partial charge is 0.344 e. The van der Waals surface area contributed by atoms with Gasteiger partial charge in [-0.25, -0.2) is 14.3 Å². The number of nitrogens with one attached hydrogen (secondary N) is 1. The first-order valence-corrected chi connectivity index (χ1v) is 8.77. The summed E-state index contributed by atoms with van der Waals surface area (Å²) in [7, 11) is 0. The van der Waals surface area contributed by atoms with Gasteiger partial charge < -0.3 is 10.1 Å². The van der Waals surface area contributed by atoms with Gasteiger partial charge in [-0.3, -0.25) is 4.79 Å². The summed E-state index contributed by atoms with van der Waals surface area (Å²) in [5.41, 5.74) is 2.12. The standard InChI is InChI=1S/C18H17BrN4O3/c1-11(13-4-6-14(19)7-5-13)21-15(24)10-26-18(25)16-12(2)22-23-9-3-8-20-17(16)23/h3-9,11H,10H2,1-2H3,(H,21,24). The van der Waals surface area contributed by atoms with Gasteiger partial charge in [0.2, 0.25) is 0 Å². The number of hydrogen-bond acceptors (Lipinski definition) is 5. The van der Waals surface area contributed by atoms with Crippen LogP contribution in [0.15, 0.2) is 47.2 Å². The molecule has 2 aromatic heterocycles. The van der Waals surface area contributed by atoms with Crippen molar-refractivity contribution in [2.75, 3.05) is 6.61 Å². The van der Waals surface area contributed by atoms with Gasteiger partial charge in [0.1, 0.15) is 5.56 Å². The van der Waals surface area contributed by atoms with Gasteiger partial charge in [-0.2, -0.15) is 5.10 Å². The fraction of sp³-hybridized carbons (Fsp3) is 0.222. The van der Waals surface area contributed by atoms with Gasteiger partial charge in [0, 0.05) is 16.9 Å². The van der Waals surface area contributed by atoms with E-state index >= 15 is 0 Å². The predicted octanol–water partition coefficient (Wildman–Crippen LogP) is 2.83. The summed E-state index contributed by atoms with van der Waals surface area (Å²) < 4.78 is 7.61. The third kappa shape index (κ3) is 3.91. The average Bonchev–Trinajstić information content (AvgIpc) is 2.96. The Morgan fingerprint density at radius 1 is 1.31 bits per heavy atom. The molecule has 0 aliphatic carbocycles. The second-order valence-electron chi connectivity index (χ2n) is 5.77. The minimum atomic E-state index is -0.623. The van der Waals surface area contributed by atoms with Gasteiger partial charge in [-0.1, -0.05) is 28.1 Å². The normalized spacial score (nSPS) is 12.0. The third-order valence-electron chi connectivity index (χ3n) is 3.86. The zero-order chi connectivity index (χ0) is 18.7. The number of aryl methyl sites for hydroxylation is 1. The monoisotopic (exact) mass is 416 g/mol. The summed E-state index contributed by atoms with van der Waals surface area (Å²) in [6.45, 7) is 3.19. The molecule has 0 radical (unpaired) electrons. The van der Waals surface area contributed by atoms with Gasteiger partial charge >= 0.3 is 5.97 Å². The summed E-state index contributed by atoms with van der Waals surface area (Å²) in [5, 5.41) is 7.01.